The van der Waals surface area contributed by atoms with Crippen LogP contribution < -0.4 is 0 Å². The lowest BCUT2D eigenvalue weighted by molar-refractivity contribution is -0.258. The maximum absolute atomic E-state index is 10.7. The maximum Gasteiger partial charge on any atom is 0.317 e. The van der Waals surface area contributed by atoms with Crippen molar-refractivity contribution in [2.24, 2.45) is 0 Å². The SMILES string of the molecule is CCC(COO)N(CCOO)CCN(CC(=O)O)CC(=O)O. The first-order chi connectivity index (χ1) is 10.4. The number of carboxylic acid groups (broad SMARTS) is 2. The number of rotatable bonds is 14. The molecule has 0 heterocycles. The Morgan fingerprint density at radius 3 is 2.00 bits per heavy atom. The van der Waals surface area contributed by atoms with E-state index in [1.54, 1.807) is 0 Å². The molecular weight excluding hydrogens is 300 g/mol. The zero-order chi connectivity index (χ0) is 17.0. The molecule has 4 N–H and O–H groups in total. The molecule has 0 rings (SSSR count). The number of carboxylic acids is 2. The Hall–Kier alpha value is -1.30. The number of hydrogen-bond donors (Lipinski definition) is 4. The van der Waals surface area contributed by atoms with E-state index in [0.29, 0.717) is 19.5 Å². The molecule has 1 unspecified atom stereocenters. The summed E-state index contributed by atoms with van der Waals surface area (Å²) in [6.07, 6.45) is 0.643. The molecular formula is C12H24N2O8. The highest BCUT2D eigenvalue weighted by Crippen LogP contribution is 2.05. The van der Waals surface area contributed by atoms with Crippen molar-refractivity contribution in [1.29, 1.82) is 0 Å². The van der Waals surface area contributed by atoms with Crippen LogP contribution in [0.25, 0.3) is 0 Å². The first kappa shape index (κ1) is 20.7. The zero-order valence-corrected chi connectivity index (χ0v) is 12.6. The van der Waals surface area contributed by atoms with Gasteiger partial charge in [-0.2, -0.15) is 0 Å². The van der Waals surface area contributed by atoms with Crippen molar-refractivity contribution in [2.45, 2.75) is 19.4 Å². The monoisotopic (exact) mass is 324 g/mol. The minimum atomic E-state index is -1.11. The number of hydrogen-bond acceptors (Lipinski definition) is 8. The summed E-state index contributed by atoms with van der Waals surface area (Å²) in [5.74, 6) is -2.23. The molecule has 0 aliphatic carbocycles. The summed E-state index contributed by atoms with van der Waals surface area (Å²) >= 11 is 0. The maximum atomic E-state index is 10.7. The largest absolute Gasteiger partial charge is 0.480 e. The first-order valence-electron chi connectivity index (χ1n) is 6.87. The highest BCUT2D eigenvalue weighted by Gasteiger charge is 2.20. The fourth-order valence-corrected chi connectivity index (χ4v) is 2.07. The van der Waals surface area contributed by atoms with Crippen molar-refractivity contribution in [1.82, 2.24) is 9.80 Å². The van der Waals surface area contributed by atoms with Crippen LogP contribution in [0.4, 0.5) is 0 Å². The minimum Gasteiger partial charge on any atom is -0.480 e. The third-order valence-electron chi connectivity index (χ3n) is 3.15. The van der Waals surface area contributed by atoms with Crippen molar-refractivity contribution >= 4 is 11.9 Å². The second-order valence-electron chi connectivity index (χ2n) is 4.73. The van der Waals surface area contributed by atoms with Gasteiger partial charge in [0.05, 0.1) is 26.3 Å². The number of carbonyl (C=O) groups is 2. The van der Waals surface area contributed by atoms with Gasteiger partial charge in [0, 0.05) is 25.7 Å². The molecule has 0 aromatic heterocycles. The highest BCUT2D eigenvalue weighted by atomic mass is 17.1. The molecule has 0 saturated carbocycles. The first-order valence-corrected chi connectivity index (χ1v) is 6.87. The molecule has 0 aromatic carbocycles. The van der Waals surface area contributed by atoms with Crippen LogP contribution >= 0.6 is 0 Å². The summed E-state index contributed by atoms with van der Waals surface area (Å²) in [5.41, 5.74) is 0. The van der Waals surface area contributed by atoms with Crippen LogP contribution in [0.2, 0.25) is 0 Å². The fraction of sp³-hybridized carbons (Fsp3) is 0.833. The second kappa shape index (κ2) is 12.3. The van der Waals surface area contributed by atoms with E-state index in [0.717, 1.165) is 0 Å². The molecule has 130 valence electrons. The third kappa shape index (κ3) is 9.60. The predicted molar refractivity (Wildman–Crippen MR) is 74.5 cm³/mol. The molecule has 0 aliphatic rings. The number of aliphatic carboxylic acids is 2. The van der Waals surface area contributed by atoms with Crippen LogP contribution in [-0.4, -0.2) is 94.4 Å². The van der Waals surface area contributed by atoms with Gasteiger partial charge >= 0.3 is 11.9 Å². The van der Waals surface area contributed by atoms with Gasteiger partial charge in [0.25, 0.3) is 0 Å². The zero-order valence-electron chi connectivity index (χ0n) is 12.6. The fourth-order valence-electron chi connectivity index (χ4n) is 2.07. The van der Waals surface area contributed by atoms with Gasteiger partial charge in [0.1, 0.15) is 0 Å². The molecule has 0 aromatic rings. The lowest BCUT2D eigenvalue weighted by Gasteiger charge is -2.31. The van der Waals surface area contributed by atoms with E-state index in [1.807, 2.05) is 11.8 Å². The Morgan fingerprint density at radius 2 is 1.59 bits per heavy atom. The number of nitrogens with zero attached hydrogens (tertiary/aromatic N) is 2. The van der Waals surface area contributed by atoms with Crippen LogP contribution in [0.15, 0.2) is 0 Å². The van der Waals surface area contributed by atoms with E-state index < -0.39 is 11.9 Å². The summed E-state index contributed by atoms with van der Waals surface area (Å²) < 4.78 is 0. The van der Waals surface area contributed by atoms with Crippen LogP contribution in [0.3, 0.4) is 0 Å². The van der Waals surface area contributed by atoms with Crippen molar-refractivity contribution in [3.05, 3.63) is 0 Å². The molecule has 1 atom stereocenters. The minimum absolute atomic E-state index is 0.0276. The quantitative estimate of drug-likeness (QED) is 0.244. The van der Waals surface area contributed by atoms with Gasteiger partial charge < -0.3 is 10.2 Å². The van der Waals surface area contributed by atoms with Crippen molar-refractivity contribution < 1.29 is 40.1 Å². The summed E-state index contributed by atoms with van der Waals surface area (Å²) in [5, 5.41) is 34.6. The van der Waals surface area contributed by atoms with Gasteiger partial charge in [0.15, 0.2) is 0 Å². The van der Waals surface area contributed by atoms with E-state index in [2.05, 4.69) is 9.78 Å². The molecule has 0 amide bonds. The van der Waals surface area contributed by atoms with Crippen LogP contribution in [0, 0.1) is 0 Å². The summed E-state index contributed by atoms with van der Waals surface area (Å²) in [7, 11) is 0. The Balaban J connectivity index is 4.64. The normalized spacial score (nSPS) is 12.8. The Labute approximate surface area is 128 Å². The molecule has 10 heteroatoms. The molecule has 10 nitrogen and oxygen atoms in total. The van der Waals surface area contributed by atoms with E-state index >= 15 is 0 Å². The summed E-state index contributed by atoms with van der Waals surface area (Å²) in [6.45, 7) is 2.04. The summed E-state index contributed by atoms with van der Waals surface area (Å²) in [6, 6.07) is -0.170. The third-order valence-corrected chi connectivity index (χ3v) is 3.15. The van der Waals surface area contributed by atoms with Crippen LogP contribution in [0.5, 0.6) is 0 Å². The molecule has 0 spiro atoms. The summed E-state index contributed by atoms with van der Waals surface area (Å²) in [4.78, 5) is 32.8. The highest BCUT2D eigenvalue weighted by molar-refractivity contribution is 5.72. The molecule has 0 saturated heterocycles. The molecule has 22 heavy (non-hydrogen) atoms. The Kier molecular flexibility index (Phi) is 11.5. The predicted octanol–water partition coefficient (Wildman–Crippen LogP) is -0.483. The van der Waals surface area contributed by atoms with Crippen LogP contribution in [-0.2, 0) is 19.4 Å². The van der Waals surface area contributed by atoms with Gasteiger partial charge in [-0.25, -0.2) is 9.78 Å². The standard InChI is InChI=1S/C12H24N2O8/c1-2-10(9-22-20)14(5-6-21-19)4-3-13(7-11(15)16)8-12(17)18/h10,19-20H,2-9H2,1H3,(H,15,16)(H,17,18). The Morgan fingerprint density at radius 1 is 1.00 bits per heavy atom. The lowest BCUT2D eigenvalue weighted by Crippen LogP contribution is -2.46. The van der Waals surface area contributed by atoms with Gasteiger partial charge in [-0.15, -0.1) is 0 Å². The van der Waals surface area contributed by atoms with Gasteiger partial charge in [-0.3, -0.25) is 29.9 Å². The van der Waals surface area contributed by atoms with Crippen LogP contribution in [0.1, 0.15) is 13.3 Å². The van der Waals surface area contributed by atoms with Gasteiger partial charge in [0.2, 0.25) is 0 Å². The smallest absolute Gasteiger partial charge is 0.317 e. The van der Waals surface area contributed by atoms with E-state index in [1.165, 1.54) is 4.90 Å². The van der Waals surface area contributed by atoms with Crippen molar-refractivity contribution in [2.75, 3.05) is 45.9 Å². The average Bonchev–Trinajstić information content (AvgIpc) is 2.44. The second-order valence-corrected chi connectivity index (χ2v) is 4.73. The van der Waals surface area contributed by atoms with Crippen molar-refractivity contribution in [3.63, 3.8) is 0 Å². The van der Waals surface area contributed by atoms with Gasteiger partial charge in [-0.1, -0.05) is 6.92 Å². The van der Waals surface area contributed by atoms with E-state index in [-0.39, 0.29) is 38.9 Å². The average molecular weight is 324 g/mol. The Bertz CT molecular complexity index is 312. The molecule has 0 fully saturated rings. The lowest BCUT2D eigenvalue weighted by atomic mass is 10.2. The topological polar surface area (TPSA) is 140 Å². The van der Waals surface area contributed by atoms with Crippen molar-refractivity contribution in [3.8, 4) is 0 Å². The molecule has 0 bridgehead atoms. The van der Waals surface area contributed by atoms with Gasteiger partial charge in [-0.05, 0) is 6.42 Å². The molecule has 0 radical (unpaired) electrons. The van der Waals surface area contributed by atoms with E-state index in [4.69, 9.17) is 20.7 Å². The molecule has 0 aliphatic heterocycles. The van der Waals surface area contributed by atoms with E-state index in [9.17, 15) is 9.59 Å².